The van der Waals surface area contributed by atoms with Crippen LogP contribution in [0.3, 0.4) is 0 Å². The average molecular weight is 445 g/mol. The minimum atomic E-state index is -0.950. The summed E-state index contributed by atoms with van der Waals surface area (Å²) in [6, 6.07) is 15.0. The molecule has 0 aliphatic carbocycles. The van der Waals surface area contributed by atoms with E-state index in [2.05, 4.69) is 15.5 Å². The van der Waals surface area contributed by atoms with Gasteiger partial charge in [-0.15, -0.1) is 0 Å². The lowest BCUT2D eigenvalue weighted by Gasteiger charge is -2.16. The number of nitrogens with one attached hydrogen (secondary N) is 1. The Morgan fingerprint density at radius 3 is 2.36 bits per heavy atom. The Morgan fingerprint density at radius 1 is 1.00 bits per heavy atom. The van der Waals surface area contributed by atoms with Gasteiger partial charge in [0.05, 0.1) is 40.8 Å². The van der Waals surface area contributed by atoms with Crippen molar-refractivity contribution in [3.63, 3.8) is 0 Å². The average Bonchev–Trinajstić information content (AvgIpc) is 3.19. The van der Waals surface area contributed by atoms with Crippen LogP contribution >= 0.6 is 0 Å². The van der Waals surface area contributed by atoms with E-state index in [4.69, 9.17) is 4.74 Å². The molecule has 168 valence electrons. The number of para-hydroxylation sites is 2. The summed E-state index contributed by atoms with van der Waals surface area (Å²) in [5.74, 6) is -1.08. The predicted molar refractivity (Wildman–Crippen MR) is 124 cm³/mol. The third-order valence-electron chi connectivity index (χ3n) is 5.48. The number of aryl methyl sites for hydroxylation is 2. The molecular formula is C24H23N5O4. The second-order valence-corrected chi connectivity index (χ2v) is 7.59. The van der Waals surface area contributed by atoms with Gasteiger partial charge in [0.1, 0.15) is 6.04 Å². The van der Waals surface area contributed by atoms with Crippen molar-refractivity contribution in [1.29, 1.82) is 0 Å². The molecular weight excluding hydrogens is 422 g/mol. The summed E-state index contributed by atoms with van der Waals surface area (Å²) in [5.41, 5.74) is 2.45. The highest BCUT2D eigenvalue weighted by atomic mass is 16.5. The quantitative estimate of drug-likeness (QED) is 0.473. The van der Waals surface area contributed by atoms with Crippen molar-refractivity contribution < 1.29 is 14.3 Å². The number of methoxy groups -OCH3 is 1. The second-order valence-electron chi connectivity index (χ2n) is 7.59. The third kappa shape index (κ3) is 3.89. The first kappa shape index (κ1) is 21.9. The van der Waals surface area contributed by atoms with Crippen LogP contribution < -0.4 is 10.9 Å². The summed E-state index contributed by atoms with van der Waals surface area (Å²) in [4.78, 5) is 38.2. The summed E-state index contributed by atoms with van der Waals surface area (Å²) in [5, 5.41) is 12.3. The SMILES string of the molecule is COC(=O)c1ccccc1NC(=O)C(C)n1nc(C)c2c(C)n(-c3ccccc3)nc2c1=O. The van der Waals surface area contributed by atoms with E-state index in [1.165, 1.54) is 7.11 Å². The number of anilines is 1. The molecule has 2 aromatic heterocycles. The monoisotopic (exact) mass is 445 g/mol. The Balaban J connectivity index is 1.73. The van der Waals surface area contributed by atoms with Crippen LogP contribution in [0.25, 0.3) is 16.6 Å². The van der Waals surface area contributed by atoms with Crippen molar-refractivity contribution >= 4 is 28.5 Å². The van der Waals surface area contributed by atoms with Crippen LogP contribution in [0.5, 0.6) is 0 Å². The molecule has 1 unspecified atom stereocenters. The molecule has 0 saturated carbocycles. The minimum Gasteiger partial charge on any atom is -0.465 e. The molecule has 0 bridgehead atoms. The van der Waals surface area contributed by atoms with Crippen molar-refractivity contribution in [2.24, 2.45) is 0 Å². The summed E-state index contributed by atoms with van der Waals surface area (Å²) in [6.45, 7) is 5.22. The van der Waals surface area contributed by atoms with Crippen LogP contribution in [0, 0.1) is 13.8 Å². The summed E-state index contributed by atoms with van der Waals surface area (Å²) >= 11 is 0. The highest BCUT2D eigenvalue weighted by molar-refractivity contribution is 6.02. The van der Waals surface area contributed by atoms with Gasteiger partial charge >= 0.3 is 5.97 Å². The van der Waals surface area contributed by atoms with Gasteiger partial charge in [-0.2, -0.15) is 10.2 Å². The molecule has 33 heavy (non-hydrogen) atoms. The molecule has 0 saturated heterocycles. The van der Waals surface area contributed by atoms with Gasteiger partial charge in [-0.1, -0.05) is 30.3 Å². The van der Waals surface area contributed by atoms with E-state index >= 15 is 0 Å². The topological polar surface area (TPSA) is 108 Å². The Morgan fingerprint density at radius 2 is 1.67 bits per heavy atom. The van der Waals surface area contributed by atoms with Crippen LogP contribution in [0.15, 0.2) is 59.4 Å². The number of benzene rings is 2. The fourth-order valence-electron chi connectivity index (χ4n) is 3.76. The molecule has 0 aliphatic rings. The van der Waals surface area contributed by atoms with Gasteiger partial charge < -0.3 is 10.1 Å². The number of hydrogen-bond acceptors (Lipinski definition) is 6. The molecule has 1 amide bonds. The standard InChI is InChI=1S/C24H23N5O4/c1-14-20-15(2)28(17-10-6-5-7-11-17)27-21(20)23(31)29(26-14)16(3)22(30)25-19-13-9-8-12-18(19)24(32)33-4/h5-13,16H,1-4H3,(H,25,30). The number of rotatable bonds is 5. The molecule has 4 aromatic rings. The zero-order chi connectivity index (χ0) is 23.7. The molecule has 0 aliphatic heterocycles. The molecule has 9 nitrogen and oxygen atoms in total. The fraction of sp³-hybridized carbons (Fsp3) is 0.208. The number of aromatic nitrogens is 4. The Hall–Kier alpha value is -4.27. The van der Waals surface area contributed by atoms with Crippen LogP contribution in [0.1, 0.15) is 34.7 Å². The second kappa shape index (κ2) is 8.70. The van der Waals surface area contributed by atoms with Crippen LogP contribution in [-0.2, 0) is 9.53 Å². The van der Waals surface area contributed by atoms with E-state index in [-0.39, 0.29) is 16.8 Å². The van der Waals surface area contributed by atoms with E-state index < -0.39 is 23.5 Å². The van der Waals surface area contributed by atoms with Gasteiger partial charge in [0.25, 0.3) is 5.56 Å². The number of nitrogens with zero attached hydrogens (tertiary/aromatic N) is 4. The van der Waals surface area contributed by atoms with Gasteiger partial charge in [0.15, 0.2) is 5.52 Å². The maximum absolute atomic E-state index is 13.3. The largest absolute Gasteiger partial charge is 0.465 e. The molecule has 2 aromatic carbocycles. The van der Waals surface area contributed by atoms with Crippen LogP contribution in [-0.4, -0.2) is 38.5 Å². The molecule has 2 heterocycles. The minimum absolute atomic E-state index is 0.213. The first-order chi connectivity index (χ1) is 15.8. The van der Waals surface area contributed by atoms with Crippen LogP contribution in [0.2, 0.25) is 0 Å². The Bertz CT molecular complexity index is 1420. The zero-order valence-electron chi connectivity index (χ0n) is 18.7. The number of fused-ring (bicyclic) bond motifs is 1. The fourth-order valence-corrected chi connectivity index (χ4v) is 3.76. The normalized spacial score (nSPS) is 11.9. The van der Waals surface area contributed by atoms with E-state index in [1.807, 2.05) is 37.3 Å². The first-order valence-corrected chi connectivity index (χ1v) is 10.4. The molecule has 0 fully saturated rings. The van der Waals surface area contributed by atoms with E-state index in [0.29, 0.717) is 11.1 Å². The number of esters is 1. The van der Waals surface area contributed by atoms with Gasteiger partial charge in [0.2, 0.25) is 5.91 Å². The summed E-state index contributed by atoms with van der Waals surface area (Å²) in [6.07, 6.45) is 0. The lowest BCUT2D eigenvalue weighted by Crippen LogP contribution is -2.34. The Labute approximate surface area is 189 Å². The smallest absolute Gasteiger partial charge is 0.339 e. The van der Waals surface area contributed by atoms with Gasteiger partial charge in [-0.05, 0) is 45.0 Å². The van der Waals surface area contributed by atoms with Crippen molar-refractivity contribution in [2.75, 3.05) is 12.4 Å². The van der Waals surface area contributed by atoms with Gasteiger partial charge in [-0.3, -0.25) is 9.59 Å². The molecule has 1 atom stereocenters. The molecule has 0 radical (unpaired) electrons. The van der Waals surface area contributed by atoms with Crippen molar-refractivity contribution in [3.05, 3.63) is 81.9 Å². The molecule has 0 spiro atoms. The lowest BCUT2D eigenvalue weighted by atomic mass is 10.1. The van der Waals surface area contributed by atoms with Crippen molar-refractivity contribution in [3.8, 4) is 5.69 Å². The number of amides is 1. The van der Waals surface area contributed by atoms with Crippen molar-refractivity contribution in [1.82, 2.24) is 19.6 Å². The maximum atomic E-state index is 13.3. The molecule has 4 rings (SSSR count). The van der Waals surface area contributed by atoms with E-state index in [1.54, 1.807) is 42.8 Å². The predicted octanol–water partition coefficient (Wildman–Crippen LogP) is 3.19. The van der Waals surface area contributed by atoms with Crippen LogP contribution in [0.4, 0.5) is 5.69 Å². The number of carbonyl (C=O) groups is 2. The molecule has 1 N–H and O–H groups in total. The lowest BCUT2D eigenvalue weighted by molar-refractivity contribution is -0.119. The number of ether oxygens (including phenoxy) is 1. The summed E-state index contributed by atoms with van der Waals surface area (Å²) in [7, 11) is 1.27. The maximum Gasteiger partial charge on any atom is 0.339 e. The Kier molecular flexibility index (Phi) is 5.78. The third-order valence-corrected chi connectivity index (χ3v) is 5.48. The van der Waals surface area contributed by atoms with E-state index in [0.717, 1.165) is 16.1 Å². The van der Waals surface area contributed by atoms with Gasteiger partial charge in [0, 0.05) is 0 Å². The number of carbonyl (C=O) groups excluding carboxylic acids is 2. The highest BCUT2D eigenvalue weighted by Gasteiger charge is 2.24. The molecule has 9 heteroatoms. The van der Waals surface area contributed by atoms with E-state index in [9.17, 15) is 14.4 Å². The zero-order valence-corrected chi connectivity index (χ0v) is 18.7. The summed E-state index contributed by atoms with van der Waals surface area (Å²) < 4.78 is 7.59. The highest BCUT2D eigenvalue weighted by Crippen LogP contribution is 2.22. The van der Waals surface area contributed by atoms with Crippen molar-refractivity contribution in [2.45, 2.75) is 26.8 Å². The van der Waals surface area contributed by atoms with Gasteiger partial charge in [-0.25, -0.2) is 14.2 Å². The number of hydrogen-bond donors (Lipinski definition) is 1. The first-order valence-electron chi connectivity index (χ1n) is 10.4.